The van der Waals surface area contributed by atoms with Crippen LogP contribution in [0.3, 0.4) is 0 Å². The van der Waals surface area contributed by atoms with E-state index >= 15 is 0 Å². The second-order valence-electron chi connectivity index (χ2n) is 6.60. The summed E-state index contributed by atoms with van der Waals surface area (Å²) in [5, 5.41) is 18.2. The van der Waals surface area contributed by atoms with Crippen molar-refractivity contribution in [3.8, 4) is 0 Å². The lowest BCUT2D eigenvalue weighted by molar-refractivity contribution is 0.0915. The highest BCUT2D eigenvalue weighted by molar-refractivity contribution is 7.89. The minimum atomic E-state index is -3.83. The van der Waals surface area contributed by atoms with Crippen molar-refractivity contribution in [2.75, 3.05) is 0 Å². The van der Waals surface area contributed by atoms with Crippen LogP contribution >= 0.6 is 0 Å². The van der Waals surface area contributed by atoms with E-state index in [9.17, 15) is 13.5 Å². The molecule has 0 radical (unpaired) electrons. The van der Waals surface area contributed by atoms with Crippen molar-refractivity contribution in [1.29, 1.82) is 0 Å². The summed E-state index contributed by atoms with van der Waals surface area (Å²) in [6.45, 7) is 4.95. The monoisotopic (exact) mass is 369 g/mol. The molecule has 0 aliphatic heterocycles. The Hall–Kier alpha value is -1.78. The Morgan fingerprint density at radius 1 is 1.28 bits per heavy atom. The third kappa shape index (κ3) is 3.46. The maximum Gasteiger partial charge on any atom is 0.246 e. The van der Waals surface area contributed by atoms with Gasteiger partial charge in [0.1, 0.15) is 22.2 Å². The van der Waals surface area contributed by atoms with Gasteiger partial charge in [0.25, 0.3) is 0 Å². The average Bonchev–Trinajstić information content (AvgIpc) is 3.03. The number of nitrogens with one attached hydrogen (secondary N) is 1. The van der Waals surface area contributed by atoms with Gasteiger partial charge in [0.05, 0.1) is 6.10 Å². The van der Waals surface area contributed by atoms with Crippen molar-refractivity contribution in [1.82, 2.24) is 24.6 Å². The molecule has 1 saturated carbocycles. The summed E-state index contributed by atoms with van der Waals surface area (Å²) >= 11 is 0. The molecule has 2 N–H and O–H groups in total. The number of aryl methyl sites for hydroxylation is 4. The van der Waals surface area contributed by atoms with E-state index in [1.807, 2.05) is 14.0 Å². The van der Waals surface area contributed by atoms with Gasteiger partial charge in [-0.3, -0.25) is 4.68 Å². The van der Waals surface area contributed by atoms with E-state index < -0.39 is 22.2 Å². The van der Waals surface area contributed by atoms with E-state index in [0.29, 0.717) is 24.4 Å². The third-order valence-corrected chi connectivity index (χ3v) is 6.36. The van der Waals surface area contributed by atoms with Crippen LogP contribution in [-0.4, -0.2) is 45.6 Å². The zero-order chi connectivity index (χ0) is 18.4. The number of sulfonamides is 1. The number of hydrogen-bond acceptors (Lipinski definition) is 7. The van der Waals surface area contributed by atoms with E-state index in [2.05, 4.69) is 20.0 Å². The van der Waals surface area contributed by atoms with Gasteiger partial charge in [0.2, 0.25) is 10.0 Å². The lowest BCUT2D eigenvalue weighted by Gasteiger charge is -2.33. The Morgan fingerprint density at radius 2 is 2.00 bits per heavy atom. The Bertz CT molecular complexity index is 853. The van der Waals surface area contributed by atoms with Crippen LogP contribution in [0, 0.1) is 20.8 Å². The van der Waals surface area contributed by atoms with Crippen molar-refractivity contribution in [2.24, 2.45) is 7.05 Å². The molecule has 3 atom stereocenters. The van der Waals surface area contributed by atoms with Crippen molar-refractivity contribution < 1.29 is 18.0 Å². The molecule has 0 unspecified atom stereocenters. The molecule has 0 bridgehead atoms. The standard InChI is InChI=1S/C15H23N5O4S/c1-8-14(9(2)24-18-8)25(22,23)19-12-7-11(5-6-13(12)21)15-16-10(3)17-20(15)4/h11-13,19,21H,5-7H2,1-4H3/t11-,12+,13+/m0/s1. The first-order chi connectivity index (χ1) is 11.7. The van der Waals surface area contributed by atoms with Gasteiger partial charge < -0.3 is 9.63 Å². The normalized spacial score (nSPS) is 24.6. The van der Waals surface area contributed by atoms with Gasteiger partial charge in [-0.15, -0.1) is 0 Å². The van der Waals surface area contributed by atoms with Crippen LogP contribution in [0.2, 0.25) is 0 Å². The minimum absolute atomic E-state index is 0.0342. The molecule has 1 aliphatic rings. The molecular weight excluding hydrogens is 346 g/mol. The number of aromatic nitrogens is 4. The Morgan fingerprint density at radius 3 is 2.56 bits per heavy atom. The SMILES string of the molecule is Cc1nc([C@H]2CC[C@@H](O)[C@H](NS(=O)(=O)c3c(C)noc3C)C2)n(C)n1. The van der Waals surface area contributed by atoms with Crippen LogP contribution in [0.1, 0.15) is 48.3 Å². The van der Waals surface area contributed by atoms with Gasteiger partial charge >= 0.3 is 0 Å². The molecule has 0 amide bonds. The van der Waals surface area contributed by atoms with Gasteiger partial charge in [0, 0.05) is 19.0 Å². The van der Waals surface area contributed by atoms with Crippen LogP contribution in [-0.2, 0) is 17.1 Å². The maximum absolute atomic E-state index is 12.7. The lowest BCUT2D eigenvalue weighted by Crippen LogP contribution is -2.47. The van der Waals surface area contributed by atoms with Crippen LogP contribution in [0.5, 0.6) is 0 Å². The predicted molar refractivity (Wildman–Crippen MR) is 88.4 cm³/mol. The van der Waals surface area contributed by atoms with Crippen molar-refractivity contribution >= 4 is 10.0 Å². The molecule has 0 aromatic carbocycles. The Labute approximate surface area is 146 Å². The molecule has 0 saturated heterocycles. The third-order valence-electron chi connectivity index (χ3n) is 4.62. The molecule has 2 aromatic rings. The van der Waals surface area contributed by atoms with Gasteiger partial charge in [-0.25, -0.2) is 18.1 Å². The largest absolute Gasteiger partial charge is 0.391 e. The van der Waals surface area contributed by atoms with E-state index in [0.717, 1.165) is 12.2 Å². The summed E-state index contributed by atoms with van der Waals surface area (Å²) in [7, 11) is -2.01. The minimum Gasteiger partial charge on any atom is -0.391 e. The number of hydrogen-bond donors (Lipinski definition) is 2. The molecule has 3 rings (SSSR count). The maximum atomic E-state index is 12.7. The number of nitrogens with zero attached hydrogens (tertiary/aromatic N) is 4. The molecule has 138 valence electrons. The van der Waals surface area contributed by atoms with Crippen LogP contribution in [0.4, 0.5) is 0 Å². The second kappa shape index (κ2) is 6.50. The number of rotatable bonds is 4. The van der Waals surface area contributed by atoms with Gasteiger partial charge in [-0.1, -0.05) is 5.16 Å². The van der Waals surface area contributed by atoms with Crippen LogP contribution < -0.4 is 4.72 Å². The lowest BCUT2D eigenvalue weighted by atomic mass is 9.83. The highest BCUT2D eigenvalue weighted by Crippen LogP contribution is 2.33. The molecular formula is C15H23N5O4S. The van der Waals surface area contributed by atoms with E-state index in [1.54, 1.807) is 18.5 Å². The molecule has 2 heterocycles. The topological polar surface area (TPSA) is 123 Å². The van der Waals surface area contributed by atoms with Crippen molar-refractivity contribution in [3.63, 3.8) is 0 Å². The summed E-state index contributed by atoms with van der Waals surface area (Å²) < 4.78 is 34.7. The predicted octanol–water partition coefficient (Wildman–Crippen LogP) is 0.704. The summed E-state index contributed by atoms with van der Waals surface area (Å²) in [5.74, 6) is 1.75. The van der Waals surface area contributed by atoms with Crippen molar-refractivity contribution in [2.45, 2.75) is 63.0 Å². The fourth-order valence-corrected chi connectivity index (χ4v) is 5.13. The van der Waals surface area contributed by atoms with E-state index in [4.69, 9.17) is 4.52 Å². The Kier molecular flexibility index (Phi) is 4.69. The summed E-state index contributed by atoms with van der Waals surface area (Å²) in [5.41, 5.74) is 0.302. The van der Waals surface area contributed by atoms with Crippen LogP contribution in [0.25, 0.3) is 0 Å². The molecule has 0 spiro atoms. The smallest absolute Gasteiger partial charge is 0.246 e. The zero-order valence-corrected chi connectivity index (χ0v) is 15.5. The Balaban J connectivity index is 1.82. The molecule has 2 aromatic heterocycles. The highest BCUT2D eigenvalue weighted by Gasteiger charge is 2.36. The van der Waals surface area contributed by atoms with Gasteiger partial charge in [-0.05, 0) is 40.0 Å². The fourth-order valence-electron chi connectivity index (χ4n) is 3.52. The first-order valence-corrected chi connectivity index (χ1v) is 9.68. The second-order valence-corrected chi connectivity index (χ2v) is 8.25. The molecule has 25 heavy (non-hydrogen) atoms. The van der Waals surface area contributed by atoms with E-state index in [-0.39, 0.29) is 16.6 Å². The van der Waals surface area contributed by atoms with Crippen LogP contribution in [0.15, 0.2) is 9.42 Å². The first-order valence-electron chi connectivity index (χ1n) is 8.20. The number of aliphatic hydroxyl groups excluding tert-OH is 1. The zero-order valence-electron chi connectivity index (χ0n) is 14.7. The highest BCUT2D eigenvalue weighted by atomic mass is 32.2. The van der Waals surface area contributed by atoms with E-state index in [1.165, 1.54) is 0 Å². The summed E-state index contributed by atoms with van der Waals surface area (Å²) in [6.07, 6.45) is 0.929. The van der Waals surface area contributed by atoms with Gasteiger partial charge in [-0.2, -0.15) is 5.10 Å². The number of aliphatic hydroxyl groups is 1. The fraction of sp³-hybridized carbons (Fsp3) is 0.667. The average molecular weight is 369 g/mol. The first kappa shape index (κ1) is 18.0. The molecule has 9 nitrogen and oxygen atoms in total. The summed E-state index contributed by atoms with van der Waals surface area (Å²) in [6, 6.07) is -0.602. The molecule has 1 fully saturated rings. The quantitative estimate of drug-likeness (QED) is 0.813. The molecule has 1 aliphatic carbocycles. The van der Waals surface area contributed by atoms with Gasteiger partial charge in [0.15, 0.2) is 5.76 Å². The summed E-state index contributed by atoms with van der Waals surface area (Å²) in [4.78, 5) is 4.47. The van der Waals surface area contributed by atoms with Crippen molar-refractivity contribution in [3.05, 3.63) is 23.1 Å². The molecule has 10 heteroatoms.